The summed E-state index contributed by atoms with van der Waals surface area (Å²) in [5.41, 5.74) is 3.59. The molecular weight excluding hydrogens is 324 g/mol. The zero-order valence-electron chi connectivity index (χ0n) is 15.9. The van der Waals surface area contributed by atoms with Crippen molar-refractivity contribution in [1.82, 2.24) is 0 Å². The third-order valence-corrected chi connectivity index (χ3v) is 5.86. The van der Waals surface area contributed by atoms with Crippen LogP contribution in [0.4, 0.5) is 0 Å². The largest absolute Gasteiger partial charge is 0.496 e. The van der Waals surface area contributed by atoms with Gasteiger partial charge in [-0.3, -0.25) is 0 Å². The third-order valence-electron chi connectivity index (χ3n) is 5.86. The minimum atomic E-state index is -0.944. The molecule has 0 heterocycles. The summed E-state index contributed by atoms with van der Waals surface area (Å²) in [6.07, 6.45) is 5.44. The standard InChI is InChI=1S/C23H30O3/c1-3-17-7-9-18(10-8-17)14-19-15-20(11-12-22(19)26-2)23(25)13-5-4-6-21(23)16-24/h7-12,15,21,24-25H,3-6,13-14,16H2,1-2H3. The van der Waals surface area contributed by atoms with Crippen LogP contribution < -0.4 is 4.74 Å². The Morgan fingerprint density at radius 2 is 1.81 bits per heavy atom. The van der Waals surface area contributed by atoms with Gasteiger partial charge in [0.05, 0.1) is 12.7 Å². The number of rotatable bonds is 6. The van der Waals surface area contributed by atoms with E-state index in [1.165, 1.54) is 11.1 Å². The van der Waals surface area contributed by atoms with Gasteiger partial charge in [0.1, 0.15) is 5.75 Å². The zero-order valence-corrected chi connectivity index (χ0v) is 15.9. The Hall–Kier alpha value is -1.84. The van der Waals surface area contributed by atoms with Crippen LogP contribution in [0.5, 0.6) is 5.75 Å². The highest BCUT2D eigenvalue weighted by molar-refractivity contribution is 5.43. The molecule has 2 aromatic rings. The minimum Gasteiger partial charge on any atom is -0.496 e. The third kappa shape index (κ3) is 3.79. The maximum atomic E-state index is 11.3. The van der Waals surface area contributed by atoms with Crippen molar-refractivity contribution in [3.05, 3.63) is 64.7 Å². The Bertz CT molecular complexity index is 723. The minimum absolute atomic E-state index is 0.0241. The fourth-order valence-electron chi connectivity index (χ4n) is 4.15. The average Bonchev–Trinajstić information content (AvgIpc) is 2.69. The molecule has 26 heavy (non-hydrogen) atoms. The van der Waals surface area contributed by atoms with Gasteiger partial charge in [0.25, 0.3) is 0 Å². The highest BCUT2D eigenvalue weighted by atomic mass is 16.5. The number of hydrogen-bond acceptors (Lipinski definition) is 3. The molecule has 2 unspecified atom stereocenters. The van der Waals surface area contributed by atoms with Gasteiger partial charge in [-0.1, -0.05) is 50.1 Å². The van der Waals surface area contributed by atoms with E-state index >= 15 is 0 Å². The van der Waals surface area contributed by atoms with Crippen molar-refractivity contribution < 1.29 is 14.9 Å². The fraction of sp³-hybridized carbons (Fsp3) is 0.478. The van der Waals surface area contributed by atoms with Crippen molar-refractivity contribution in [2.45, 2.75) is 51.0 Å². The van der Waals surface area contributed by atoms with Crippen LogP contribution in [0, 0.1) is 5.92 Å². The number of methoxy groups -OCH3 is 1. The van der Waals surface area contributed by atoms with Gasteiger partial charge in [-0.05, 0) is 53.6 Å². The van der Waals surface area contributed by atoms with Gasteiger partial charge in [-0.2, -0.15) is 0 Å². The van der Waals surface area contributed by atoms with Crippen LogP contribution in [0.2, 0.25) is 0 Å². The van der Waals surface area contributed by atoms with Crippen LogP contribution in [-0.4, -0.2) is 23.9 Å². The van der Waals surface area contributed by atoms with Crippen LogP contribution in [0.1, 0.15) is 54.9 Å². The molecule has 1 aliphatic carbocycles. The molecular formula is C23H30O3. The second-order valence-corrected chi connectivity index (χ2v) is 7.42. The van der Waals surface area contributed by atoms with E-state index in [4.69, 9.17) is 4.74 Å². The molecule has 3 nitrogen and oxygen atoms in total. The van der Waals surface area contributed by atoms with Gasteiger partial charge in [0.15, 0.2) is 0 Å². The molecule has 2 atom stereocenters. The SMILES string of the molecule is CCc1ccc(Cc2cc(C3(O)CCCCC3CO)ccc2OC)cc1. The van der Waals surface area contributed by atoms with Crippen LogP contribution in [0.3, 0.4) is 0 Å². The topological polar surface area (TPSA) is 49.7 Å². The molecule has 3 heteroatoms. The van der Waals surface area contributed by atoms with E-state index in [0.717, 1.165) is 49.0 Å². The Balaban J connectivity index is 1.92. The lowest BCUT2D eigenvalue weighted by atomic mass is 9.71. The van der Waals surface area contributed by atoms with Crippen molar-refractivity contribution in [3.8, 4) is 5.75 Å². The van der Waals surface area contributed by atoms with Crippen molar-refractivity contribution in [2.24, 2.45) is 5.92 Å². The predicted molar refractivity (Wildman–Crippen MR) is 105 cm³/mol. The highest BCUT2D eigenvalue weighted by Gasteiger charge is 2.40. The number of aryl methyl sites for hydroxylation is 1. The maximum absolute atomic E-state index is 11.3. The summed E-state index contributed by atoms with van der Waals surface area (Å²) < 4.78 is 5.56. The first-order chi connectivity index (χ1) is 12.6. The Labute approximate surface area is 156 Å². The van der Waals surface area contributed by atoms with Gasteiger partial charge in [-0.25, -0.2) is 0 Å². The molecule has 0 bridgehead atoms. The van der Waals surface area contributed by atoms with Crippen LogP contribution in [-0.2, 0) is 18.4 Å². The monoisotopic (exact) mass is 354 g/mol. The summed E-state index contributed by atoms with van der Waals surface area (Å²) in [5, 5.41) is 21.1. The number of aliphatic hydroxyl groups is 2. The van der Waals surface area contributed by atoms with E-state index in [0.29, 0.717) is 6.42 Å². The molecule has 1 fully saturated rings. The number of hydrogen-bond donors (Lipinski definition) is 2. The Kier molecular flexibility index (Phi) is 6.00. The number of ether oxygens (including phenoxy) is 1. The second kappa shape index (κ2) is 8.24. The molecule has 0 radical (unpaired) electrons. The summed E-state index contributed by atoms with van der Waals surface area (Å²) in [4.78, 5) is 0. The van der Waals surface area contributed by atoms with E-state index in [2.05, 4.69) is 37.3 Å². The fourth-order valence-corrected chi connectivity index (χ4v) is 4.15. The summed E-state index contributed by atoms with van der Waals surface area (Å²) in [6.45, 7) is 2.18. The van der Waals surface area contributed by atoms with Gasteiger partial charge in [0, 0.05) is 18.9 Å². The quantitative estimate of drug-likeness (QED) is 0.817. The lowest BCUT2D eigenvalue weighted by Gasteiger charge is -2.40. The Morgan fingerprint density at radius 3 is 2.46 bits per heavy atom. The Morgan fingerprint density at radius 1 is 1.08 bits per heavy atom. The second-order valence-electron chi connectivity index (χ2n) is 7.42. The summed E-state index contributed by atoms with van der Waals surface area (Å²) in [5.74, 6) is 0.745. The van der Waals surface area contributed by atoms with E-state index in [9.17, 15) is 10.2 Å². The highest BCUT2D eigenvalue weighted by Crippen LogP contribution is 2.42. The van der Waals surface area contributed by atoms with Gasteiger partial charge >= 0.3 is 0 Å². The first-order valence-electron chi connectivity index (χ1n) is 9.69. The predicted octanol–water partition coefficient (Wildman–Crippen LogP) is 4.22. The van der Waals surface area contributed by atoms with Crippen molar-refractivity contribution in [1.29, 1.82) is 0 Å². The molecule has 1 aliphatic rings. The van der Waals surface area contributed by atoms with E-state index in [1.807, 2.05) is 12.1 Å². The molecule has 0 aromatic heterocycles. The van der Waals surface area contributed by atoms with E-state index in [1.54, 1.807) is 7.11 Å². The van der Waals surface area contributed by atoms with E-state index < -0.39 is 5.60 Å². The van der Waals surface area contributed by atoms with Gasteiger partial charge in [-0.15, -0.1) is 0 Å². The van der Waals surface area contributed by atoms with Crippen LogP contribution in [0.15, 0.2) is 42.5 Å². The van der Waals surface area contributed by atoms with Crippen LogP contribution in [0.25, 0.3) is 0 Å². The molecule has 0 aliphatic heterocycles. The molecule has 0 amide bonds. The van der Waals surface area contributed by atoms with Crippen molar-refractivity contribution >= 4 is 0 Å². The molecule has 3 rings (SSSR count). The smallest absolute Gasteiger partial charge is 0.122 e. The maximum Gasteiger partial charge on any atom is 0.122 e. The first-order valence-corrected chi connectivity index (χ1v) is 9.69. The van der Waals surface area contributed by atoms with Gasteiger partial charge < -0.3 is 14.9 Å². The molecule has 2 N–H and O–H groups in total. The molecule has 0 spiro atoms. The number of benzene rings is 2. The van der Waals surface area contributed by atoms with Crippen molar-refractivity contribution in [3.63, 3.8) is 0 Å². The molecule has 140 valence electrons. The molecule has 2 aromatic carbocycles. The van der Waals surface area contributed by atoms with Crippen LogP contribution >= 0.6 is 0 Å². The lowest BCUT2D eigenvalue weighted by molar-refractivity contribution is -0.0730. The zero-order chi connectivity index (χ0) is 18.6. The summed E-state index contributed by atoms with van der Waals surface area (Å²) >= 11 is 0. The summed E-state index contributed by atoms with van der Waals surface area (Å²) in [7, 11) is 1.69. The lowest BCUT2D eigenvalue weighted by Crippen LogP contribution is -2.40. The average molecular weight is 354 g/mol. The van der Waals surface area contributed by atoms with Gasteiger partial charge in [0.2, 0.25) is 0 Å². The normalized spacial score (nSPS) is 23.0. The first kappa shape index (κ1) is 18.9. The number of aliphatic hydroxyl groups excluding tert-OH is 1. The van der Waals surface area contributed by atoms with E-state index in [-0.39, 0.29) is 12.5 Å². The van der Waals surface area contributed by atoms with Crippen molar-refractivity contribution in [2.75, 3.05) is 13.7 Å². The summed E-state index contributed by atoms with van der Waals surface area (Å²) in [6, 6.07) is 14.6. The molecule has 0 saturated heterocycles. The molecule has 1 saturated carbocycles.